The zero-order valence-electron chi connectivity index (χ0n) is 11.9. The van der Waals surface area contributed by atoms with E-state index < -0.39 is 6.23 Å². The molecule has 2 rings (SSSR count). The minimum Gasteiger partial charge on any atom is -0.358 e. The van der Waals surface area contributed by atoms with Gasteiger partial charge in [-0.05, 0) is 18.6 Å². The molecule has 0 N–H and O–H groups in total. The van der Waals surface area contributed by atoms with Gasteiger partial charge in [0, 0.05) is 25.0 Å². The van der Waals surface area contributed by atoms with Crippen LogP contribution in [0.4, 0.5) is 0 Å². The van der Waals surface area contributed by atoms with Gasteiger partial charge in [-0.3, -0.25) is 14.5 Å². The van der Waals surface area contributed by atoms with Crippen molar-refractivity contribution >= 4 is 11.8 Å². The number of likely N-dealkylation sites (tertiary alicyclic amines) is 1. The number of nitrogens with zero attached hydrogens (tertiary/aromatic N) is 1. The standard InChI is InChI=1S/C16H21NO3/c1-2-3-7-12-20-15-11-10-14(18)17(15)16(19)13-8-5-4-6-9-13/h4-6,8-9,15H,2-3,7,10-12H2,1H3. The number of rotatable bonds is 6. The van der Waals surface area contributed by atoms with Crippen molar-refractivity contribution in [3.63, 3.8) is 0 Å². The molecule has 1 heterocycles. The van der Waals surface area contributed by atoms with Crippen molar-refractivity contribution < 1.29 is 14.3 Å². The average Bonchev–Trinajstić information content (AvgIpc) is 2.85. The maximum atomic E-state index is 12.4. The summed E-state index contributed by atoms with van der Waals surface area (Å²) in [5.41, 5.74) is 0.532. The summed E-state index contributed by atoms with van der Waals surface area (Å²) in [6.45, 7) is 2.73. The second-order valence-electron chi connectivity index (χ2n) is 5.01. The molecule has 1 aromatic rings. The van der Waals surface area contributed by atoms with Gasteiger partial charge in [0.05, 0.1) is 0 Å². The van der Waals surface area contributed by atoms with Crippen molar-refractivity contribution in [1.82, 2.24) is 4.90 Å². The Labute approximate surface area is 119 Å². The van der Waals surface area contributed by atoms with Gasteiger partial charge in [0.25, 0.3) is 5.91 Å². The Bertz CT molecular complexity index is 458. The summed E-state index contributed by atoms with van der Waals surface area (Å²) in [4.78, 5) is 25.6. The average molecular weight is 275 g/mol. The number of ether oxygens (including phenoxy) is 1. The molecule has 108 valence electrons. The third-order valence-electron chi connectivity index (χ3n) is 3.46. The van der Waals surface area contributed by atoms with Crippen LogP contribution in [-0.4, -0.2) is 29.5 Å². The highest BCUT2D eigenvalue weighted by Gasteiger charge is 2.36. The monoisotopic (exact) mass is 275 g/mol. The van der Waals surface area contributed by atoms with Crippen LogP contribution in [0.5, 0.6) is 0 Å². The Morgan fingerprint density at radius 3 is 2.75 bits per heavy atom. The number of carbonyl (C=O) groups excluding carboxylic acids is 2. The topological polar surface area (TPSA) is 46.6 Å². The molecule has 1 fully saturated rings. The van der Waals surface area contributed by atoms with Crippen LogP contribution in [-0.2, 0) is 9.53 Å². The fourth-order valence-corrected chi connectivity index (χ4v) is 2.35. The lowest BCUT2D eigenvalue weighted by Gasteiger charge is -2.23. The predicted molar refractivity (Wildman–Crippen MR) is 76.1 cm³/mol. The maximum absolute atomic E-state index is 12.4. The van der Waals surface area contributed by atoms with Crippen molar-refractivity contribution in [2.75, 3.05) is 6.61 Å². The highest BCUT2D eigenvalue weighted by atomic mass is 16.5. The molecule has 1 aromatic carbocycles. The summed E-state index contributed by atoms with van der Waals surface area (Å²) >= 11 is 0. The number of unbranched alkanes of at least 4 members (excludes halogenated alkanes) is 2. The lowest BCUT2D eigenvalue weighted by molar-refractivity contribution is -0.131. The van der Waals surface area contributed by atoms with Gasteiger partial charge >= 0.3 is 0 Å². The second kappa shape index (κ2) is 7.20. The lowest BCUT2D eigenvalue weighted by atomic mass is 10.2. The van der Waals surface area contributed by atoms with Crippen molar-refractivity contribution in [2.24, 2.45) is 0 Å². The van der Waals surface area contributed by atoms with E-state index in [-0.39, 0.29) is 11.8 Å². The van der Waals surface area contributed by atoms with Gasteiger partial charge in [0.1, 0.15) is 6.23 Å². The number of imide groups is 1. The summed E-state index contributed by atoms with van der Waals surface area (Å²) < 4.78 is 5.71. The van der Waals surface area contributed by atoms with E-state index in [0.717, 1.165) is 19.3 Å². The normalized spacial score (nSPS) is 18.6. The van der Waals surface area contributed by atoms with E-state index in [9.17, 15) is 9.59 Å². The molecular weight excluding hydrogens is 254 g/mol. The fourth-order valence-electron chi connectivity index (χ4n) is 2.35. The summed E-state index contributed by atoms with van der Waals surface area (Å²) in [5.74, 6) is -0.395. The molecule has 20 heavy (non-hydrogen) atoms. The van der Waals surface area contributed by atoms with E-state index in [4.69, 9.17) is 4.74 Å². The van der Waals surface area contributed by atoms with Crippen LogP contribution in [0.3, 0.4) is 0 Å². The van der Waals surface area contributed by atoms with Gasteiger partial charge in [-0.25, -0.2) is 0 Å². The smallest absolute Gasteiger partial charge is 0.262 e. The Kier molecular flexibility index (Phi) is 5.30. The van der Waals surface area contributed by atoms with Crippen LogP contribution in [0.15, 0.2) is 30.3 Å². The Balaban J connectivity index is 1.99. The van der Waals surface area contributed by atoms with E-state index in [2.05, 4.69) is 6.92 Å². The first kappa shape index (κ1) is 14.7. The fraction of sp³-hybridized carbons (Fsp3) is 0.500. The van der Waals surface area contributed by atoms with Crippen LogP contribution in [0.2, 0.25) is 0 Å². The summed E-state index contributed by atoms with van der Waals surface area (Å²) in [6.07, 6.45) is 3.79. The lowest BCUT2D eigenvalue weighted by Crippen LogP contribution is -2.40. The van der Waals surface area contributed by atoms with Gasteiger partial charge < -0.3 is 4.74 Å². The maximum Gasteiger partial charge on any atom is 0.262 e. The highest BCUT2D eigenvalue weighted by molar-refractivity contribution is 6.05. The summed E-state index contributed by atoms with van der Waals surface area (Å²) in [7, 11) is 0. The molecule has 1 aliphatic heterocycles. The zero-order valence-corrected chi connectivity index (χ0v) is 11.9. The third kappa shape index (κ3) is 3.45. The molecule has 0 spiro atoms. The van der Waals surface area contributed by atoms with Gasteiger partial charge in [-0.1, -0.05) is 38.0 Å². The Morgan fingerprint density at radius 2 is 2.05 bits per heavy atom. The molecule has 1 unspecified atom stereocenters. The summed E-state index contributed by atoms with van der Waals surface area (Å²) in [6, 6.07) is 8.89. The first-order valence-corrected chi connectivity index (χ1v) is 7.27. The number of hydrogen-bond donors (Lipinski definition) is 0. The number of carbonyl (C=O) groups is 2. The molecule has 2 amide bonds. The predicted octanol–water partition coefficient (Wildman–Crippen LogP) is 2.98. The number of benzene rings is 1. The molecular formula is C16H21NO3. The third-order valence-corrected chi connectivity index (χ3v) is 3.46. The van der Waals surface area contributed by atoms with Crippen LogP contribution >= 0.6 is 0 Å². The van der Waals surface area contributed by atoms with E-state index in [1.807, 2.05) is 6.07 Å². The van der Waals surface area contributed by atoms with Gasteiger partial charge in [0.15, 0.2) is 0 Å². The molecule has 4 heteroatoms. The van der Waals surface area contributed by atoms with E-state index in [1.165, 1.54) is 4.90 Å². The molecule has 4 nitrogen and oxygen atoms in total. The molecule has 0 aliphatic carbocycles. The number of hydrogen-bond acceptors (Lipinski definition) is 3. The first-order valence-electron chi connectivity index (χ1n) is 7.27. The largest absolute Gasteiger partial charge is 0.358 e. The van der Waals surface area contributed by atoms with Gasteiger partial charge in [0.2, 0.25) is 5.91 Å². The van der Waals surface area contributed by atoms with Gasteiger partial charge in [-0.15, -0.1) is 0 Å². The van der Waals surface area contributed by atoms with Crippen molar-refractivity contribution in [1.29, 1.82) is 0 Å². The van der Waals surface area contributed by atoms with Crippen molar-refractivity contribution in [2.45, 2.75) is 45.3 Å². The van der Waals surface area contributed by atoms with Crippen LogP contribution in [0, 0.1) is 0 Å². The zero-order chi connectivity index (χ0) is 14.4. The van der Waals surface area contributed by atoms with Crippen LogP contribution in [0.1, 0.15) is 49.4 Å². The number of amides is 2. The molecule has 0 saturated carbocycles. The van der Waals surface area contributed by atoms with Gasteiger partial charge in [-0.2, -0.15) is 0 Å². The molecule has 1 saturated heterocycles. The minimum absolute atomic E-state index is 0.139. The quantitative estimate of drug-likeness (QED) is 0.592. The molecule has 0 aromatic heterocycles. The minimum atomic E-state index is -0.396. The van der Waals surface area contributed by atoms with Crippen molar-refractivity contribution in [3.05, 3.63) is 35.9 Å². The second-order valence-corrected chi connectivity index (χ2v) is 5.01. The van der Waals surface area contributed by atoms with E-state index in [0.29, 0.717) is 25.0 Å². The molecule has 1 atom stereocenters. The van der Waals surface area contributed by atoms with Crippen LogP contribution in [0.25, 0.3) is 0 Å². The van der Waals surface area contributed by atoms with Crippen LogP contribution < -0.4 is 0 Å². The van der Waals surface area contributed by atoms with E-state index >= 15 is 0 Å². The van der Waals surface area contributed by atoms with E-state index in [1.54, 1.807) is 24.3 Å². The van der Waals surface area contributed by atoms with Crippen molar-refractivity contribution in [3.8, 4) is 0 Å². The SMILES string of the molecule is CCCCCOC1CCC(=O)N1C(=O)c1ccccc1. The molecule has 1 aliphatic rings. The Hall–Kier alpha value is -1.68. The highest BCUT2D eigenvalue weighted by Crippen LogP contribution is 2.22. The molecule has 0 bridgehead atoms. The molecule has 0 radical (unpaired) electrons. The Morgan fingerprint density at radius 1 is 1.30 bits per heavy atom. The first-order chi connectivity index (χ1) is 9.74. The summed E-state index contributed by atoms with van der Waals surface area (Å²) in [5, 5.41) is 0.